The SMILES string of the molecule is COCCSCC(=O)c1ccc2c(c1)OCO2. The maximum atomic E-state index is 11.8. The molecule has 2 rings (SSSR count). The quantitative estimate of drug-likeness (QED) is 0.573. The minimum absolute atomic E-state index is 0.101. The van der Waals surface area contributed by atoms with Gasteiger partial charge >= 0.3 is 0 Å². The zero-order valence-electron chi connectivity index (χ0n) is 9.60. The minimum Gasteiger partial charge on any atom is -0.454 e. The molecule has 1 heterocycles. The van der Waals surface area contributed by atoms with Crippen LogP contribution < -0.4 is 9.47 Å². The van der Waals surface area contributed by atoms with Crippen molar-refractivity contribution in [3.63, 3.8) is 0 Å². The second-order valence-electron chi connectivity index (χ2n) is 3.54. The Morgan fingerprint density at radius 2 is 2.24 bits per heavy atom. The highest BCUT2D eigenvalue weighted by Gasteiger charge is 2.15. The Kier molecular flexibility index (Phi) is 4.28. The van der Waals surface area contributed by atoms with Crippen LogP contribution in [0, 0.1) is 0 Å². The van der Waals surface area contributed by atoms with Crippen LogP contribution in [0.15, 0.2) is 18.2 Å². The fraction of sp³-hybridized carbons (Fsp3) is 0.417. The van der Waals surface area contributed by atoms with E-state index in [0.717, 1.165) is 5.75 Å². The molecule has 0 spiro atoms. The summed E-state index contributed by atoms with van der Waals surface area (Å²) in [5.41, 5.74) is 0.666. The average Bonchev–Trinajstić information content (AvgIpc) is 2.81. The van der Waals surface area contributed by atoms with Crippen molar-refractivity contribution in [3.8, 4) is 11.5 Å². The normalized spacial score (nSPS) is 12.8. The van der Waals surface area contributed by atoms with Crippen LogP contribution in [0.4, 0.5) is 0 Å². The highest BCUT2D eigenvalue weighted by Crippen LogP contribution is 2.32. The molecule has 1 aromatic rings. The lowest BCUT2D eigenvalue weighted by atomic mass is 10.1. The maximum absolute atomic E-state index is 11.8. The second kappa shape index (κ2) is 5.93. The summed E-state index contributed by atoms with van der Waals surface area (Å²) in [6.07, 6.45) is 0. The Balaban J connectivity index is 1.91. The van der Waals surface area contributed by atoms with Crippen molar-refractivity contribution >= 4 is 17.5 Å². The van der Waals surface area contributed by atoms with Crippen molar-refractivity contribution in [1.29, 1.82) is 0 Å². The number of ketones is 1. The van der Waals surface area contributed by atoms with Crippen molar-refractivity contribution in [2.45, 2.75) is 0 Å². The third-order valence-electron chi connectivity index (χ3n) is 2.36. The topological polar surface area (TPSA) is 44.8 Å². The van der Waals surface area contributed by atoms with Gasteiger partial charge in [-0.05, 0) is 18.2 Å². The van der Waals surface area contributed by atoms with Crippen molar-refractivity contribution in [2.24, 2.45) is 0 Å². The molecule has 0 N–H and O–H groups in total. The molecule has 1 aliphatic heterocycles. The summed E-state index contributed by atoms with van der Waals surface area (Å²) in [4.78, 5) is 11.8. The third-order valence-corrected chi connectivity index (χ3v) is 3.28. The molecule has 0 atom stereocenters. The standard InChI is InChI=1S/C12H14O4S/c1-14-4-5-17-7-10(13)9-2-3-11-12(6-9)16-8-15-11/h2-3,6H,4-5,7-8H2,1H3. The van der Waals surface area contributed by atoms with E-state index >= 15 is 0 Å². The molecule has 0 fully saturated rings. The average molecular weight is 254 g/mol. The summed E-state index contributed by atoms with van der Waals surface area (Å²) >= 11 is 1.57. The van der Waals surface area contributed by atoms with Gasteiger partial charge in [0.1, 0.15) is 0 Å². The zero-order valence-corrected chi connectivity index (χ0v) is 10.4. The Hall–Kier alpha value is -1.20. The van der Waals surface area contributed by atoms with Crippen LogP contribution in [0.5, 0.6) is 11.5 Å². The van der Waals surface area contributed by atoms with E-state index in [9.17, 15) is 4.79 Å². The van der Waals surface area contributed by atoms with E-state index in [0.29, 0.717) is 29.4 Å². The number of methoxy groups -OCH3 is 1. The molecule has 1 aliphatic rings. The predicted octanol–water partition coefficient (Wildman–Crippen LogP) is 1.98. The van der Waals surface area contributed by atoms with Gasteiger partial charge in [-0.3, -0.25) is 4.79 Å². The van der Waals surface area contributed by atoms with Crippen LogP contribution in [0.3, 0.4) is 0 Å². The molecule has 17 heavy (non-hydrogen) atoms. The first-order chi connectivity index (χ1) is 8.31. The molecule has 0 amide bonds. The molecule has 0 saturated heterocycles. The van der Waals surface area contributed by atoms with E-state index in [1.165, 1.54) is 0 Å². The monoisotopic (exact) mass is 254 g/mol. The zero-order chi connectivity index (χ0) is 12.1. The van der Waals surface area contributed by atoms with E-state index in [-0.39, 0.29) is 12.6 Å². The summed E-state index contributed by atoms with van der Waals surface area (Å²) in [5.74, 6) is 2.74. The van der Waals surface area contributed by atoms with E-state index in [2.05, 4.69) is 0 Å². The van der Waals surface area contributed by atoms with Gasteiger partial charge in [-0.15, -0.1) is 0 Å². The van der Waals surface area contributed by atoms with E-state index in [4.69, 9.17) is 14.2 Å². The van der Waals surface area contributed by atoms with Crippen molar-refractivity contribution in [1.82, 2.24) is 0 Å². The van der Waals surface area contributed by atoms with Crippen LogP contribution in [-0.4, -0.2) is 37.8 Å². The molecular formula is C12H14O4S. The molecule has 0 unspecified atom stereocenters. The summed E-state index contributed by atoms with van der Waals surface area (Å²) in [6.45, 7) is 0.897. The fourth-order valence-corrected chi connectivity index (χ4v) is 2.24. The number of carbonyl (C=O) groups is 1. The van der Waals surface area contributed by atoms with Crippen LogP contribution in [0.25, 0.3) is 0 Å². The number of fused-ring (bicyclic) bond motifs is 1. The van der Waals surface area contributed by atoms with Gasteiger partial charge in [-0.1, -0.05) is 0 Å². The number of rotatable bonds is 6. The third kappa shape index (κ3) is 3.14. The van der Waals surface area contributed by atoms with E-state index < -0.39 is 0 Å². The lowest BCUT2D eigenvalue weighted by Gasteiger charge is -2.02. The van der Waals surface area contributed by atoms with Crippen molar-refractivity contribution in [3.05, 3.63) is 23.8 Å². The van der Waals surface area contributed by atoms with Crippen LogP contribution in [0.2, 0.25) is 0 Å². The lowest BCUT2D eigenvalue weighted by molar-refractivity contribution is 0.102. The Bertz CT molecular complexity index is 405. The second-order valence-corrected chi connectivity index (χ2v) is 4.64. The number of benzene rings is 1. The van der Waals surface area contributed by atoms with E-state index in [1.54, 1.807) is 37.1 Å². The first-order valence-electron chi connectivity index (χ1n) is 5.31. The minimum atomic E-state index is 0.101. The lowest BCUT2D eigenvalue weighted by Crippen LogP contribution is -2.04. The smallest absolute Gasteiger partial charge is 0.231 e. The number of carbonyl (C=O) groups excluding carboxylic acids is 1. The first-order valence-corrected chi connectivity index (χ1v) is 6.46. The van der Waals surface area contributed by atoms with Gasteiger partial charge < -0.3 is 14.2 Å². The molecule has 0 aromatic heterocycles. The predicted molar refractivity (Wildman–Crippen MR) is 66.1 cm³/mol. The number of hydrogen-bond acceptors (Lipinski definition) is 5. The summed E-state index contributed by atoms with van der Waals surface area (Å²) < 4.78 is 15.3. The Morgan fingerprint density at radius 1 is 1.41 bits per heavy atom. The molecule has 0 radical (unpaired) electrons. The number of thioether (sulfide) groups is 1. The molecule has 0 aliphatic carbocycles. The van der Waals surface area contributed by atoms with Crippen LogP contribution in [-0.2, 0) is 4.74 Å². The van der Waals surface area contributed by atoms with Crippen molar-refractivity contribution < 1.29 is 19.0 Å². The highest BCUT2D eigenvalue weighted by atomic mass is 32.2. The van der Waals surface area contributed by atoms with Gasteiger partial charge in [0.2, 0.25) is 6.79 Å². The first kappa shape index (κ1) is 12.3. The highest BCUT2D eigenvalue weighted by molar-refractivity contribution is 8.00. The van der Waals surface area contributed by atoms with Gasteiger partial charge in [-0.2, -0.15) is 11.8 Å². The molecule has 0 saturated carbocycles. The summed E-state index contributed by atoms with van der Waals surface area (Å²) in [7, 11) is 1.65. The van der Waals surface area contributed by atoms with Crippen LogP contribution in [0.1, 0.15) is 10.4 Å². The van der Waals surface area contributed by atoms with Gasteiger partial charge in [0, 0.05) is 18.4 Å². The molecule has 92 valence electrons. The maximum Gasteiger partial charge on any atom is 0.231 e. The molecule has 4 nitrogen and oxygen atoms in total. The molecular weight excluding hydrogens is 240 g/mol. The molecule has 0 bridgehead atoms. The van der Waals surface area contributed by atoms with Gasteiger partial charge in [-0.25, -0.2) is 0 Å². The summed E-state index contributed by atoms with van der Waals surface area (Å²) in [5, 5.41) is 0. The van der Waals surface area contributed by atoms with E-state index in [1.807, 2.05) is 0 Å². The van der Waals surface area contributed by atoms with Gasteiger partial charge in [0.25, 0.3) is 0 Å². The van der Waals surface area contributed by atoms with Crippen LogP contribution >= 0.6 is 11.8 Å². The number of ether oxygens (including phenoxy) is 3. The number of hydrogen-bond donors (Lipinski definition) is 0. The van der Waals surface area contributed by atoms with Gasteiger partial charge in [0.05, 0.1) is 12.4 Å². The van der Waals surface area contributed by atoms with Gasteiger partial charge in [0.15, 0.2) is 17.3 Å². The van der Waals surface area contributed by atoms with Crippen molar-refractivity contribution in [2.75, 3.05) is 32.0 Å². The molecule has 5 heteroatoms. The fourth-order valence-electron chi connectivity index (χ4n) is 1.46. The Labute approximate surface area is 104 Å². The molecule has 1 aromatic carbocycles. The summed E-state index contributed by atoms with van der Waals surface area (Å²) in [6, 6.07) is 5.28. The largest absolute Gasteiger partial charge is 0.454 e. The Morgan fingerprint density at radius 3 is 3.06 bits per heavy atom. The number of Topliss-reactive ketones (excluding diaryl/α,β-unsaturated/α-hetero) is 1.